The van der Waals surface area contributed by atoms with Crippen molar-refractivity contribution in [2.45, 2.75) is 56.7 Å². The molecule has 1 saturated carbocycles. The molecule has 0 bridgehead atoms. The summed E-state index contributed by atoms with van der Waals surface area (Å²) < 4.78 is 19.5. The number of ether oxygens (including phenoxy) is 1. The topological polar surface area (TPSA) is 61.4 Å². The van der Waals surface area contributed by atoms with E-state index in [4.69, 9.17) is 0 Å². The Morgan fingerprint density at radius 2 is 2.06 bits per heavy atom. The van der Waals surface area contributed by atoms with E-state index in [-0.39, 0.29) is 16.3 Å². The number of hydrogen-bond acceptors (Lipinski definition) is 4. The Labute approximate surface area is 100 Å². The van der Waals surface area contributed by atoms with Crippen molar-refractivity contribution in [2.24, 2.45) is 0 Å². The van der Waals surface area contributed by atoms with Gasteiger partial charge in [-0.3, -0.25) is 4.79 Å². The lowest BCUT2D eigenvalue weighted by atomic mass is 9.75. The van der Waals surface area contributed by atoms with Gasteiger partial charge in [-0.2, -0.15) is 0 Å². The summed E-state index contributed by atoms with van der Waals surface area (Å²) >= 11 is -1.13. The minimum absolute atomic E-state index is 0.238. The fourth-order valence-electron chi connectivity index (χ4n) is 1.62. The number of hydrogen-bond donors (Lipinski definition) is 1. The van der Waals surface area contributed by atoms with Gasteiger partial charge in [-0.15, -0.1) is 4.72 Å². The van der Waals surface area contributed by atoms with E-state index in [2.05, 4.69) is 9.46 Å². The zero-order valence-corrected chi connectivity index (χ0v) is 11.3. The van der Waals surface area contributed by atoms with Gasteiger partial charge in [0.2, 0.25) is 0 Å². The van der Waals surface area contributed by atoms with Crippen LogP contribution in [-0.2, 0) is 20.9 Å². The highest BCUT2D eigenvalue weighted by atomic mass is 32.2. The van der Waals surface area contributed by atoms with Gasteiger partial charge in [-0.05, 0) is 40.0 Å². The van der Waals surface area contributed by atoms with Crippen LogP contribution in [0.2, 0.25) is 0 Å². The van der Waals surface area contributed by atoms with E-state index in [9.17, 15) is 9.35 Å². The lowest BCUT2D eigenvalue weighted by Crippen LogP contribution is -2.58. The van der Waals surface area contributed by atoms with Gasteiger partial charge < -0.3 is 9.29 Å². The first-order valence-corrected chi connectivity index (χ1v) is 6.71. The fraction of sp³-hybridized carbons (Fsp3) is 0.909. The molecule has 0 heterocycles. The first-order valence-electron chi connectivity index (χ1n) is 5.56. The van der Waals surface area contributed by atoms with Gasteiger partial charge in [0.1, 0.15) is 4.75 Å². The molecule has 1 fully saturated rings. The second-order valence-electron chi connectivity index (χ2n) is 5.37. The highest BCUT2D eigenvalue weighted by molar-refractivity contribution is 7.90. The van der Waals surface area contributed by atoms with Crippen LogP contribution in [0.1, 0.15) is 46.5 Å². The maximum Gasteiger partial charge on any atom is 0.307 e. The summed E-state index contributed by atoms with van der Waals surface area (Å²) in [4.78, 5) is 11.3. The highest BCUT2D eigenvalue weighted by Gasteiger charge is 2.45. The van der Waals surface area contributed by atoms with E-state index in [0.29, 0.717) is 6.42 Å². The standard InChI is InChI=1S/C11H21NO3S/c1-10(2,3)16(14)12-11(6-5-7-11)8-9(13)15-4/h12H,5-8H2,1-4H3. The monoisotopic (exact) mass is 247 g/mol. The molecule has 1 unspecified atom stereocenters. The Hall–Kier alpha value is -0.260. The van der Waals surface area contributed by atoms with Crippen LogP contribution in [0.5, 0.6) is 0 Å². The Morgan fingerprint density at radius 1 is 1.50 bits per heavy atom. The first-order chi connectivity index (χ1) is 7.29. The predicted molar refractivity (Wildman–Crippen MR) is 64.2 cm³/mol. The number of methoxy groups -OCH3 is 1. The van der Waals surface area contributed by atoms with Crippen molar-refractivity contribution in [1.82, 2.24) is 4.72 Å². The SMILES string of the molecule is COC(=O)CC1(N[S+]([O-])C(C)(C)C)CCC1. The summed E-state index contributed by atoms with van der Waals surface area (Å²) in [6.45, 7) is 5.75. The molecule has 0 aliphatic heterocycles. The van der Waals surface area contributed by atoms with Gasteiger partial charge >= 0.3 is 5.97 Å². The molecule has 1 aliphatic carbocycles. The van der Waals surface area contributed by atoms with E-state index < -0.39 is 11.4 Å². The molecule has 0 aromatic carbocycles. The maximum absolute atomic E-state index is 12.0. The lowest BCUT2D eigenvalue weighted by molar-refractivity contribution is -0.143. The maximum atomic E-state index is 12.0. The van der Waals surface area contributed by atoms with Crippen LogP contribution in [0.3, 0.4) is 0 Å². The summed E-state index contributed by atoms with van der Waals surface area (Å²) in [5.41, 5.74) is -0.300. The molecule has 1 atom stereocenters. The number of carbonyl (C=O) groups is 1. The van der Waals surface area contributed by atoms with Crippen molar-refractivity contribution in [3.05, 3.63) is 0 Å². The average Bonchev–Trinajstić information content (AvgIpc) is 2.12. The minimum atomic E-state index is -1.13. The van der Waals surface area contributed by atoms with E-state index in [1.807, 2.05) is 20.8 Å². The predicted octanol–water partition coefficient (Wildman–Crippen LogP) is 1.52. The highest BCUT2D eigenvalue weighted by Crippen LogP contribution is 2.37. The largest absolute Gasteiger partial charge is 0.598 e. The van der Waals surface area contributed by atoms with Crippen LogP contribution in [0, 0.1) is 0 Å². The quantitative estimate of drug-likeness (QED) is 0.604. The van der Waals surface area contributed by atoms with Gasteiger partial charge in [-0.25, -0.2) is 0 Å². The van der Waals surface area contributed by atoms with Crippen LogP contribution in [0.4, 0.5) is 0 Å². The molecule has 1 aliphatic rings. The van der Waals surface area contributed by atoms with E-state index in [0.717, 1.165) is 19.3 Å². The van der Waals surface area contributed by atoms with E-state index in [1.165, 1.54) is 7.11 Å². The Kier molecular flexibility index (Phi) is 4.26. The van der Waals surface area contributed by atoms with Crippen molar-refractivity contribution in [2.75, 3.05) is 7.11 Å². The van der Waals surface area contributed by atoms with Crippen molar-refractivity contribution >= 4 is 17.3 Å². The smallest absolute Gasteiger partial charge is 0.307 e. The molecule has 1 rings (SSSR count). The van der Waals surface area contributed by atoms with Crippen molar-refractivity contribution in [3.63, 3.8) is 0 Å². The second kappa shape index (κ2) is 4.94. The summed E-state index contributed by atoms with van der Waals surface area (Å²) in [5, 5.41) is 0. The molecule has 0 radical (unpaired) electrons. The number of nitrogens with one attached hydrogen (secondary N) is 1. The van der Waals surface area contributed by atoms with Gasteiger partial charge in [0.15, 0.2) is 0 Å². The first kappa shape index (κ1) is 13.8. The van der Waals surface area contributed by atoms with Crippen LogP contribution in [-0.4, -0.2) is 27.9 Å². The molecule has 5 heteroatoms. The normalized spacial score (nSPS) is 21.1. The second-order valence-corrected chi connectivity index (χ2v) is 7.34. The Morgan fingerprint density at radius 3 is 2.38 bits per heavy atom. The van der Waals surface area contributed by atoms with Crippen molar-refractivity contribution in [3.8, 4) is 0 Å². The minimum Gasteiger partial charge on any atom is -0.598 e. The molecule has 16 heavy (non-hydrogen) atoms. The van der Waals surface area contributed by atoms with Crippen LogP contribution in [0.15, 0.2) is 0 Å². The Balaban J connectivity index is 2.57. The summed E-state index contributed by atoms with van der Waals surface area (Å²) in [6.07, 6.45) is 3.17. The third kappa shape index (κ3) is 3.37. The van der Waals surface area contributed by atoms with Crippen molar-refractivity contribution < 1.29 is 14.1 Å². The molecule has 1 N–H and O–H groups in total. The summed E-state index contributed by atoms with van der Waals surface area (Å²) in [6, 6.07) is 0. The van der Waals surface area contributed by atoms with E-state index in [1.54, 1.807) is 0 Å². The van der Waals surface area contributed by atoms with Crippen LogP contribution >= 0.6 is 0 Å². The fourth-order valence-corrected chi connectivity index (χ4v) is 2.59. The summed E-state index contributed by atoms with van der Waals surface area (Å²) in [5.74, 6) is -0.238. The number of rotatable bonds is 4. The van der Waals surface area contributed by atoms with E-state index >= 15 is 0 Å². The molecule has 0 aromatic heterocycles. The van der Waals surface area contributed by atoms with Crippen LogP contribution in [0.25, 0.3) is 0 Å². The third-order valence-electron chi connectivity index (χ3n) is 2.89. The zero-order chi connectivity index (χ0) is 12.4. The molecule has 94 valence electrons. The zero-order valence-electron chi connectivity index (χ0n) is 10.5. The Bertz CT molecular complexity index is 258. The molecule has 0 amide bonds. The molecule has 0 spiro atoms. The summed E-state index contributed by atoms with van der Waals surface area (Å²) in [7, 11) is 1.38. The average molecular weight is 247 g/mol. The van der Waals surface area contributed by atoms with Gasteiger partial charge in [-0.1, -0.05) is 0 Å². The van der Waals surface area contributed by atoms with Gasteiger partial charge in [0.05, 0.1) is 19.1 Å². The lowest BCUT2D eigenvalue weighted by Gasteiger charge is -2.42. The molecule has 0 saturated heterocycles. The molecular weight excluding hydrogens is 226 g/mol. The van der Waals surface area contributed by atoms with Crippen molar-refractivity contribution in [1.29, 1.82) is 0 Å². The van der Waals surface area contributed by atoms with Gasteiger partial charge in [0.25, 0.3) is 0 Å². The number of esters is 1. The van der Waals surface area contributed by atoms with Crippen LogP contribution < -0.4 is 4.72 Å². The molecule has 4 nitrogen and oxygen atoms in total. The molecular formula is C11H21NO3S. The number of carbonyl (C=O) groups excluding carboxylic acids is 1. The molecule has 0 aromatic rings. The third-order valence-corrected chi connectivity index (χ3v) is 4.62. The van der Waals surface area contributed by atoms with Gasteiger partial charge in [0, 0.05) is 11.4 Å².